The number of rotatable bonds is 10. The number of carbonyl (C=O) groups is 1. The molecule has 6 rings (SSSR count). The average molecular weight is 679 g/mol. The first kappa shape index (κ1) is 33.0. The van der Waals surface area contributed by atoms with Crippen molar-refractivity contribution in [2.24, 2.45) is 0 Å². The number of carbonyl (C=O) groups excluding carboxylic acids is 1. The van der Waals surface area contributed by atoms with Gasteiger partial charge in [-0.1, -0.05) is 50.6 Å². The Morgan fingerprint density at radius 2 is 1.87 bits per heavy atom. The summed E-state index contributed by atoms with van der Waals surface area (Å²) in [6.45, 7) is 12.6. The molecule has 2 aliphatic rings. The van der Waals surface area contributed by atoms with Crippen molar-refractivity contribution >= 4 is 39.8 Å². The van der Waals surface area contributed by atoms with Crippen molar-refractivity contribution in [3.05, 3.63) is 80.4 Å². The van der Waals surface area contributed by atoms with Crippen LogP contribution in [-0.2, 0) is 42.5 Å². The molecule has 2 aliphatic heterocycles. The minimum Gasteiger partial charge on any atom is -0.346 e. The number of nitrogens with one attached hydrogen (secondary N) is 1. The Balaban J connectivity index is 1.24. The van der Waals surface area contributed by atoms with Crippen LogP contribution >= 0.6 is 22.9 Å². The number of benzene rings is 2. The Morgan fingerprint density at radius 3 is 2.61 bits per heavy atom. The molecular weight excluding hydrogens is 636 g/mol. The summed E-state index contributed by atoms with van der Waals surface area (Å²) >= 11 is 8.42. The lowest BCUT2D eigenvalue weighted by Crippen LogP contribution is -2.32. The molecule has 0 bridgehead atoms. The predicted octanol–water partition coefficient (Wildman–Crippen LogP) is 6.69. The standard InChI is InChI=1S/C35H43ClN6O2S2/c1-35(2,3)31-21-37-32(45-31)22-38-34(43)26-10-7-9-24(19-26)27-20-25(11-12-29(27)36)33-28-23-41(46(4)44)18-13-30(28)42(39-33)17-8-16-40-14-5-6-15-40/h7,9-12,19-21H,5-6,8,13-18,22-23H2,1-4H3,(H,38,43). The number of fused-ring (bicyclic) bond motifs is 1. The van der Waals surface area contributed by atoms with Crippen LogP contribution in [0.5, 0.6) is 0 Å². The van der Waals surface area contributed by atoms with Gasteiger partial charge in [-0.2, -0.15) is 5.10 Å². The molecule has 46 heavy (non-hydrogen) atoms. The first-order valence-corrected chi connectivity index (χ1v) is 18.8. The maximum Gasteiger partial charge on any atom is 0.251 e. The van der Waals surface area contributed by atoms with Crippen molar-refractivity contribution < 1.29 is 9.00 Å². The summed E-state index contributed by atoms with van der Waals surface area (Å²) in [6.07, 6.45) is 8.11. The molecule has 0 saturated carbocycles. The van der Waals surface area contributed by atoms with Gasteiger partial charge >= 0.3 is 0 Å². The lowest BCUT2D eigenvalue weighted by molar-refractivity contribution is 0.0951. The van der Waals surface area contributed by atoms with Crippen LogP contribution in [0, 0.1) is 0 Å². The van der Waals surface area contributed by atoms with Gasteiger partial charge in [-0.25, -0.2) is 13.5 Å². The highest BCUT2D eigenvalue weighted by molar-refractivity contribution is 7.81. The van der Waals surface area contributed by atoms with E-state index in [4.69, 9.17) is 16.7 Å². The van der Waals surface area contributed by atoms with E-state index >= 15 is 0 Å². The molecule has 1 atom stereocenters. The summed E-state index contributed by atoms with van der Waals surface area (Å²) in [5.41, 5.74) is 6.55. The minimum absolute atomic E-state index is 0.0288. The van der Waals surface area contributed by atoms with Gasteiger partial charge in [0.05, 0.1) is 23.2 Å². The zero-order valence-electron chi connectivity index (χ0n) is 27.1. The average Bonchev–Trinajstić information content (AvgIpc) is 3.81. The number of hydrogen-bond acceptors (Lipinski definition) is 6. The zero-order valence-corrected chi connectivity index (χ0v) is 29.5. The molecule has 244 valence electrons. The van der Waals surface area contributed by atoms with Gasteiger partial charge in [0.15, 0.2) is 0 Å². The van der Waals surface area contributed by atoms with E-state index in [2.05, 4.69) is 46.7 Å². The monoisotopic (exact) mass is 678 g/mol. The summed E-state index contributed by atoms with van der Waals surface area (Å²) in [5, 5.41) is 9.68. The smallest absolute Gasteiger partial charge is 0.251 e. The van der Waals surface area contributed by atoms with E-state index in [9.17, 15) is 9.00 Å². The molecule has 0 aliphatic carbocycles. The lowest BCUT2D eigenvalue weighted by atomic mass is 9.96. The van der Waals surface area contributed by atoms with E-state index in [1.54, 1.807) is 17.6 Å². The van der Waals surface area contributed by atoms with Crippen LogP contribution in [0.4, 0.5) is 0 Å². The van der Waals surface area contributed by atoms with Gasteiger partial charge in [0.1, 0.15) is 5.01 Å². The quantitative estimate of drug-likeness (QED) is 0.202. The topological polar surface area (TPSA) is 83.4 Å². The van der Waals surface area contributed by atoms with Crippen LogP contribution in [0.15, 0.2) is 48.7 Å². The number of halogens is 1. The van der Waals surface area contributed by atoms with Crippen molar-refractivity contribution in [1.82, 2.24) is 29.3 Å². The molecule has 0 spiro atoms. The number of hydrogen-bond donors (Lipinski definition) is 1. The fourth-order valence-electron chi connectivity index (χ4n) is 6.27. The Labute approximate surface area is 283 Å². The summed E-state index contributed by atoms with van der Waals surface area (Å²) in [6, 6.07) is 13.6. The summed E-state index contributed by atoms with van der Waals surface area (Å²) < 4.78 is 16.7. The highest BCUT2D eigenvalue weighted by Gasteiger charge is 2.28. The number of nitrogens with zero attached hydrogens (tertiary/aromatic N) is 5. The lowest BCUT2D eigenvalue weighted by Gasteiger charge is -2.25. The first-order chi connectivity index (χ1) is 22.1. The van der Waals surface area contributed by atoms with Crippen molar-refractivity contribution in [1.29, 1.82) is 0 Å². The first-order valence-electron chi connectivity index (χ1n) is 16.1. The van der Waals surface area contributed by atoms with Crippen molar-refractivity contribution in [3.8, 4) is 22.4 Å². The van der Waals surface area contributed by atoms with Gasteiger partial charge in [-0.3, -0.25) is 9.48 Å². The maximum absolute atomic E-state index is 13.2. The van der Waals surface area contributed by atoms with Gasteiger partial charge in [0.2, 0.25) is 0 Å². The van der Waals surface area contributed by atoms with E-state index in [0.29, 0.717) is 23.7 Å². The van der Waals surface area contributed by atoms with Crippen molar-refractivity contribution in [2.75, 3.05) is 32.4 Å². The van der Waals surface area contributed by atoms with E-state index < -0.39 is 11.0 Å². The predicted molar refractivity (Wildman–Crippen MR) is 189 cm³/mol. The SMILES string of the molecule is CS(=O)N1CCc2c(c(-c3ccc(Cl)c(-c4cccc(C(=O)NCc5ncc(C(C)(C)C)s5)c4)c3)nn2CCCN2CCCC2)C1. The molecule has 0 radical (unpaired) electrons. The molecule has 2 aromatic carbocycles. The minimum atomic E-state index is -1.06. The van der Waals surface area contributed by atoms with Crippen LogP contribution in [0.2, 0.25) is 5.02 Å². The van der Waals surface area contributed by atoms with Crippen LogP contribution in [-0.4, -0.2) is 66.5 Å². The summed E-state index contributed by atoms with van der Waals surface area (Å²) in [7, 11) is -1.06. The fraction of sp³-hybridized carbons (Fsp3) is 0.457. The third-order valence-electron chi connectivity index (χ3n) is 8.87. The number of thiazole rings is 1. The normalized spacial score (nSPS) is 16.5. The molecule has 8 nitrogen and oxygen atoms in total. The molecule has 1 fully saturated rings. The highest BCUT2D eigenvalue weighted by Crippen LogP contribution is 2.36. The number of aryl methyl sites for hydroxylation is 1. The van der Waals surface area contributed by atoms with E-state index in [1.165, 1.54) is 36.5 Å². The van der Waals surface area contributed by atoms with Crippen molar-refractivity contribution in [3.63, 3.8) is 0 Å². The van der Waals surface area contributed by atoms with Gasteiger partial charge in [0, 0.05) is 76.4 Å². The van der Waals surface area contributed by atoms with Gasteiger partial charge in [0.25, 0.3) is 5.91 Å². The Morgan fingerprint density at radius 1 is 1.07 bits per heavy atom. The molecular formula is C35H43ClN6O2S2. The molecule has 1 N–H and O–H groups in total. The molecule has 1 amide bonds. The molecule has 2 aromatic heterocycles. The van der Waals surface area contributed by atoms with Crippen molar-refractivity contribution in [2.45, 2.75) is 71.5 Å². The Hall–Kier alpha value is -2.89. The third kappa shape index (κ3) is 7.47. The maximum atomic E-state index is 13.2. The largest absolute Gasteiger partial charge is 0.346 e. The van der Waals surface area contributed by atoms with Crippen LogP contribution in [0.25, 0.3) is 22.4 Å². The second kappa shape index (κ2) is 14.1. The Kier molecular flexibility index (Phi) is 10.1. The second-order valence-corrected chi connectivity index (χ2v) is 16.1. The number of aromatic nitrogens is 3. The summed E-state index contributed by atoms with van der Waals surface area (Å²) in [5.74, 6) is -0.156. The second-order valence-electron chi connectivity index (χ2n) is 13.3. The fourth-order valence-corrected chi connectivity index (χ4v) is 8.07. The van der Waals surface area contributed by atoms with Gasteiger partial charge in [-0.15, -0.1) is 11.3 Å². The third-order valence-corrected chi connectivity index (χ3v) is 11.7. The molecule has 1 unspecified atom stereocenters. The number of amides is 1. The molecule has 11 heteroatoms. The van der Waals surface area contributed by atoms with Crippen LogP contribution in [0.1, 0.15) is 71.5 Å². The highest BCUT2D eigenvalue weighted by atomic mass is 35.5. The number of likely N-dealkylation sites (tertiary alicyclic amines) is 1. The zero-order chi connectivity index (χ0) is 32.4. The van der Waals surface area contributed by atoms with Gasteiger partial charge in [-0.05, 0) is 74.1 Å². The van der Waals surface area contributed by atoms with Crippen LogP contribution in [0.3, 0.4) is 0 Å². The van der Waals surface area contributed by atoms with Gasteiger partial charge < -0.3 is 10.2 Å². The van der Waals surface area contributed by atoms with E-state index in [0.717, 1.165) is 65.4 Å². The summed E-state index contributed by atoms with van der Waals surface area (Å²) in [4.78, 5) is 21.4. The van der Waals surface area contributed by atoms with E-state index in [-0.39, 0.29) is 11.3 Å². The van der Waals surface area contributed by atoms with E-state index in [1.807, 2.05) is 46.9 Å². The Bertz CT molecular complexity index is 1740. The molecule has 4 aromatic rings. The molecule has 1 saturated heterocycles. The van der Waals surface area contributed by atoms with Crippen LogP contribution < -0.4 is 5.32 Å². The molecule has 4 heterocycles.